The summed E-state index contributed by atoms with van der Waals surface area (Å²) in [5.74, 6) is -3.31. The van der Waals surface area contributed by atoms with Crippen LogP contribution in [0.1, 0.15) is 18.0 Å². The molecule has 0 saturated heterocycles. The van der Waals surface area contributed by atoms with Crippen molar-refractivity contribution in [1.82, 2.24) is 0 Å². The van der Waals surface area contributed by atoms with Gasteiger partial charge in [-0.15, -0.1) is 12.4 Å². The maximum absolute atomic E-state index is 13.1. The standard InChI is InChI=1S/C9H10F3NO.ClH/c10-5-3-6(8(13)1-2-14)9(12)7(11)4-5;/h3-4,8,14H,1-2,13H2;1H. The summed E-state index contributed by atoms with van der Waals surface area (Å²) in [5, 5.41) is 8.54. The van der Waals surface area contributed by atoms with Gasteiger partial charge in [0.05, 0.1) is 0 Å². The van der Waals surface area contributed by atoms with Crippen molar-refractivity contribution in [2.45, 2.75) is 12.5 Å². The van der Waals surface area contributed by atoms with Gasteiger partial charge in [0.2, 0.25) is 0 Å². The Bertz CT molecular complexity index is 335. The van der Waals surface area contributed by atoms with Crippen LogP contribution in [-0.4, -0.2) is 11.7 Å². The molecule has 86 valence electrons. The topological polar surface area (TPSA) is 46.2 Å². The van der Waals surface area contributed by atoms with Crippen LogP contribution in [0, 0.1) is 17.5 Å². The molecule has 0 fully saturated rings. The molecule has 2 nitrogen and oxygen atoms in total. The van der Waals surface area contributed by atoms with Gasteiger partial charge in [0.1, 0.15) is 5.82 Å². The molecule has 1 rings (SSSR count). The number of hydrogen-bond acceptors (Lipinski definition) is 2. The normalized spacial score (nSPS) is 12.1. The smallest absolute Gasteiger partial charge is 0.163 e. The first kappa shape index (κ1) is 14.2. The number of halogens is 4. The Kier molecular flexibility index (Phi) is 5.64. The van der Waals surface area contributed by atoms with Gasteiger partial charge in [-0.1, -0.05) is 0 Å². The van der Waals surface area contributed by atoms with E-state index < -0.39 is 23.5 Å². The van der Waals surface area contributed by atoms with Crippen molar-refractivity contribution in [2.75, 3.05) is 6.61 Å². The van der Waals surface area contributed by atoms with Gasteiger partial charge < -0.3 is 10.8 Å². The first-order valence-electron chi connectivity index (χ1n) is 4.07. The first-order chi connectivity index (χ1) is 6.56. The fourth-order valence-electron chi connectivity index (χ4n) is 1.14. The molecule has 0 aliphatic rings. The van der Waals surface area contributed by atoms with E-state index in [0.29, 0.717) is 6.07 Å². The summed E-state index contributed by atoms with van der Waals surface area (Å²) >= 11 is 0. The summed E-state index contributed by atoms with van der Waals surface area (Å²) in [6.45, 7) is -0.265. The molecule has 0 spiro atoms. The van der Waals surface area contributed by atoms with Gasteiger partial charge in [-0.25, -0.2) is 13.2 Å². The van der Waals surface area contributed by atoms with E-state index in [1.807, 2.05) is 0 Å². The Morgan fingerprint density at radius 2 is 1.87 bits per heavy atom. The van der Waals surface area contributed by atoms with E-state index in [9.17, 15) is 13.2 Å². The number of hydrogen-bond donors (Lipinski definition) is 2. The number of aliphatic hydroxyl groups excluding tert-OH is 1. The van der Waals surface area contributed by atoms with E-state index in [1.165, 1.54) is 0 Å². The first-order valence-corrected chi connectivity index (χ1v) is 4.07. The lowest BCUT2D eigenvalue weighted by molar-refractivity contribution is 0.275. The molecule has 1 aromatic rings. The van der Waals surface area contributed by atoms with Crippen LogP contribution in [0.25, 0.3) is 0 Å². The van der Waals surface area contributed by atoms with Crippen LogP contribution in [0.15, 0.2) is 12.1 Å². The largest absolute Gasteiger partial charge is 0.396 e. The molecule has 6 heteroatoms. The summed E-state index contributed by atoms with van der Waals surface area (Å²) in [7, 11) is 0. The van der Waals surface area contributed by atoms with E-state index in [4.69, 9.17) is 10.8 Å². The Morgan fingerprint density at radius 3 is 2.40 bits per heavy atom. The number of nitrogens with two attached hydrogens (primary N) is 1. The lowest BCUT2D eigenvalue weighted by Crippen LogP contribution is -2.15. The van der Waals surface area contributed by atoms with Crippen LogP contribution in [-0.2, 0) is 0 Å². The molecule has 1 aromatic carbocycles. The highest BCUT2D eigenvalue weighted by molar-refractivity contribution is 5.85. The minimum atomic E-state index is -1.27. The average molecular weight is 242 g/mol. The van der Waals surface area contributed by atoms with Crippen molar-refractivity contribution in [2.24, 2.45) is 5.73 Å². The zero-order valence-electron chi connectivity index (χ0n) is 7.71. The highest BCUT2D eigenvalue weighted by atomic mass is 35.5. The summed E-state index contributed by atoms with van der Waals surface area (Å²) < 4.78 is 38.4. The van der Waals surface area contributed by atoms with E-state index in [1.54, 1.807) is 0 Å². The van der Waals surface area contributed by atoms with Gasteiger partial charge >= 0.3 is 0 Å². The molecule has 1 unspecified atom stereocenters. The van der Waals surface area contributed by atoms with Crippen molar-refractivity contribution in [3.63, 3.8) is 0 Å². The summed E-state index contributed by atoms with van der Waals surface area (Å²) in [5.41, 5.74) is 5.16. The van der Waals surface area contributed by atoms with Crippen molar-refractivity contribution >= 4 is 12.4 Å². The van der Waals surface area contributed by atoms with E-state index in [-0.39, 0.29) is 31.0 Å². The molecule has 1 atom stereocenters. The molecule has 0 heterocycles. The molecule has 15 heavy (non-hydrogen) atoms. The molecule has 0 radical (unpaired) electrons. The molecule has 0 aliphatic carbocycles. The predicted octanol–water partition coefficient (Wildman–Crippen LogP) is 1.91. The van der Waals surface area contributed by atoms with Gasteiger partial charge in [0, 0.05) is 24.3 Å². The maximum Gasteiger partial charge on any atom is 0.163 e. The quantitative estimate of drug-likeness (QED) is 0.794. The minimum absolute atomic E-state index is 0. The summed E-state index contributed by atoms with van der Waals surface area (Å²) in [6, 6.07) is 0.383. The molecule has 0 bridgehead atoms. The van der Waals surface area contributed by atoms with Gasteiger partial charge in [-0.3, -0.25) is 0 Å². The van der Waals surface area contributed by atoms with Crippen molar-refractivity contribution in [3.05, 3.63) is 35.1 Å². The molecule has 0 aromatic heterocycles. The van der Waals surface area contributed by atoms with E-state index in [2.05, 4.69) is 0 Å². The van der Waals surface area contributed by atoms with Crippen LogP contribution >= 0.6 is 12.4 Å². The Balaban J connectivity index is 0.00000196. The van der Waals surface area contributed by atoms with Gasteiger partial charge in [-0.2, -0.15) is 0 Å². The molecule has 3 N–H and O–H groups in total. The predicted molar refractivity (Wildman–Crippen MR) is 52.2 cm³/mol. The van der Waals surface area contributed by atoms with Crippen LogP contribution in [0.4, 0.5) is 13.2 Å². The fourth-order valence-corrected chi connectivity index (χ4v) is 1.14. The third-order valence-electron chi connectivity index (χ3n) is 1.86. The monoisotopic (exact) mass is 241 g/mol. The lowest BCUT2D eigenvalue weighted by Gasteiger charge is -2.11. The van der Waals surface area contributed by atoms with Crippen molar-refractivity contribution in [3.8, 4) is 0 Å². The maximum atomic E-state index is 13.1. The third-order valence-corrected chi connectivity index (χ3v) is 1.86. The second kappa shape index (κ2) is 5.95. The van der Waals surface area contributed by atoms with Gasteiger partial charge in [0.25, 0.3) is 0 Å². The van der Waals surface area contributed by atoms with Crippen LogP contribution in [0.2, 0.25) is 0 Å². The number of benzene rings is 1. The third kappa shape index (κ3) is 3.37. The minimum Gasteiger partial charge on any atom is -0.396 e. The van der Waals surface area contributed by atoms with Gasteiger partial charge in [0.15, 0.2) is 11.6 Å². The summed E-state index contributed by atoms with van der Waals surface area (Å²) in [6.07, 6.45) is 0.0554. The van der Waals surface area contributed by atoms with Crippen molar-refractivity contribution in [1.29, 1.82) is 0 Å². The van der Waals surface area contributed by atoms with E-state index >= 15 is 0 Å². The zero-order chi connectivity index (χ0) is 10.7. The Hall–Kier alpha value is -0.780. The average Bonchev–Trinajstić information content (AvgIpc) is 2.11. The molecule has 0 aliphatic heterocycles. The molecule has 0 saturated carbocycles. The SMILES string of the molecule is Cl.NC(CCO)c1cc(F)cc(F)c1F. The second-order valence-corrected chi connectivity index (χ2v) is 2.91. The lowest BCUT2D eigenvalue weighted by atomic mass is 10.0. The van der Waals surface area contributed by atoms with Crippen LogP contribution < -0.4 is 5.73 Å². The van der Waals surface area contributed by atoms with Gasteiger partial charge in [-0.05, 0) is 12.5 Å². The molecule has 0 amide bonds. The number of rotatable bonds is 3. The number of aliphatic hydroxyl groups is 1. The zero-order valence-corrected chi connectivity index (χ0v) is 8.53. The summed E-state index contributed by atoms with van der Waals surface area (Å²) in [4.78, 5) is 0. The van der Waals surface area contributed by atoms with Crippen LogP contribution in [0.3, 0.4) is 0 Å². The molecular weight excluding hydrogens is 231 g/mol. The Labute approximate surface area is 91.3 Å². The fraction of sp³-hybridized carbons (Fsp3) is 0.333. The molecular formula is C9H11ClF3NO. The van der Waals surface area contributed by atoms with Crippen LogP contribution in [0.5, 0.6) is 0 Å². The Morgan fingerprint density at radius 1 is 1.27 bits per heavy atom. The van der Waals surface area contributed by atoms with Crippen molar-refractivity contribution < 1.29 is 18.3 Å². The second-order valence-electron chi connectivity index (χ2n) is 2.91. The highest BCUT2D eigenvalue weighted by Gasteiger charge is 2.16. The van der Waals surface area contributed by atoms with E-state index in [0.717, 1.165) is 6.07 Å². The highest BCUT2D eigenvalue weighted by Crippen LogP contribution is 2.21.